The van der Waals surface area contributed by atoms with E-state index >= 15 is 0 Å². The first-order chi connectivity index (χ1) is 7.63. The highest BCUT2D eigenvalue weighted by atomic mass is 79.9. The minimum atomic E-state index is 0.0705. The molecule has 4 nitrogen and oxygen atoms in total. The summed E-state index contributed by atoms with van der Waals surface area (Å²) >= 11 is 3.46. The van der Waals surface area contributed by atoms with E-state index in [4.69, 9.17) is 19.9 Å². The predicted molar refractivity (Wildman–Crippen MR) is 64.2 cm³/mol. The van der Waals surface area contributed by atoms with Crippen LogP contribution >= 0.6 is 15.9 Å². The second kappa shape index (κ2) is 4.51. The average Bonchev–Trinajstić information content (AvgIpc) is 2.65. The van der Waals surface area contributed by atoms with E-state index in [9.17, 15) is 0 Å². The van der Waals surface area contributed by atoms with Crippen molar-refractivity contribution >= 4 is 15.9 Å². The number of ether oxygens (including phenoxy) is 3. The van der Waals surface area contributed by atoms with Gasteiger partial charge in [0.2, 0.25) is 6.79 Å². The van der Waals surface area contributed by atoms with Gasteiger partial charge in [-0.1, -0.05) is 0 Å². The van der Waals surface area contributed by atoms with Crippen LogP contribution in [0.15, 0.2) is 10.5 Å². The van der Waals surface area contributed by atoms with Gasteiger partial charge in [0.1, 0.15) is 10.2 Å². The Morgan fingerprint density at radius 2 is 2.31 bits per heavy atom. The van der Waals surface area contributed by atoms with E-state index in [1.165, 1.54) is 0 Å². The summed E-state index contributed by atoms with van der Waals surface area (Å²) in [5.74, 6) is 2.20. The number of benzene rings is 1. The topological polar surface area (TPSA) is 53.7 Å². The quantitative estimate of drug-likeness (QED) is 0.925. The molecular formula is C11H14BrNO3. The monoisotopic (exact) mass is 287 g/mol. The minimum absolute atomic E-state index is 0.0705. The minimum Gasteiger partial charge on any atom is -0.495 e. The summed E-state index contributed by atoms with van der Waals surface area (Å²) in [4.78, 5) is 0. The van der Waals surface area contributed by atoms with Crippen LogP contribution in [0.3, 0.4) is 0 Å². The SMILES string of the molecule is COc1c(CC(C)N)cc2c(c1Br)OCO2. The van der Waals surface area contributed by atoms with Crippen molar-refractivity contribution in [1.82, 2.24) is 0 Å². The van der Waals surface area contributed by atoms with Gasteiger partial charge in [-0.15, -0.1) is 0 Å². The van der Waals surface area contributed by atoms with Gasteiger partial charge >= 0.3 is 0 Å². The highest BCUT2D eigenvalue weighted by Crippen LogP contribution is 2.46. The van der Waals surface area contributed by atoms with Gasteiger partial charge in [0.05, 0.1) is 7.11 Å². The van der Waals surface area contributed by atoms with Crippen molar-refractivity contribution in [2.75, 3.05) is 13.9 Å². The van der Waals surface area contributed by atoms with E-state index < -0.39 is 0 Å². The van der Waals surface area contributed by atoms with Crippen molar-refractivity contribution in [3.8, 4) is 17.2 Å². The van der Waals surface area contributed by atoms with E-state index in [2.05, 4.69) is 15.9 Å². The molecule has 1 atom stereocenters. The van der Waals surface area contributed by atoms with Gasteiger partial charge in [-0.25, -0.2) is 0 Å². The summed E-state index contributed by atoms with van der Waals surface area (Å²) in [5, 5.41) is 0. The molecular weight excluding hydrogens is 274 g/mol. The Labute approximate surface area is 103 Å². The van der Waals surface area contributed by atoms with Gasteiger partial charge in [0.15, 0.2) is 11.5 Å². The molecule has 16 heavy (non-hydrogen) atoms. The summed E-state index contributed by atoms with van der Waals surface area (Å²) < 4.78 is 16.9. The van der Waals surface area contributed by atoms with Gasteiger partial charge < -0.3 is 19.9 Å². The van der Waals surface area contributed by atoms with Crippen LogP contribution in [0.25, 0.3) is 0 Å². The van der Waals surface area contributed by atoms with Gasteiger partial charge in [0.25, 0.3) is 0 Å². The molecule has 1 aromatic rings. The average molecular weight is 288 g/mol. The molecule has 0 fully saturated rings. The zero-order valence-corrected chi connectivity index (χ0v) is 10.8. The number of methoxy groups -OCH3 is 1. The van der Waals surface area contributed by atoms with Crippen LogP contribution in [0.2, 0.25) is 0 Å². The molecule has 0 radical (unpaired) electrons. The van der Waals surface area contributed by atoms with E-state index in [1.54, 1.807) is 7.11 Å². The molecule has 1 aromatic carbocycles. The largest absolute Gasteiger partial charge is 0.495 e. The maximum atomic E-state index is 5.80. The molecule has 1 aliphatic rings. The maximum absolute atomic E-state index is 5.80. The molecule has 1 aliphatic heterocycles. The van der Waals surface area contributed by atoms with Crippen molar-refractivity contribution in [1.29, 1.82) is 0 Å². The Bertz CT molecular complexity index is 407. The van der Waals surface area contributed by atoms with Gasteiger partial charge in [-0.3, -0.25) is 0 Å². The van der Waals surface area contributed by atoms with Gasteiger partial charge in [0, 0.05) is 11.6 Å². The second-order valence-electron chi connectivity index (χ2n) is 3.80. The number of fused-ring (bicyclic) bond motifs is 1. The van der Waals surface area contributed by atoms with Crippen molar-refractivity contribution in [2.24, 2.45) is 5.73 Å². The molecule has 0 saturated carbocycles. The van der Waals surface area contributed by atoms with Crippen LogP contribution < -0.4 is 19.9 Å². The molecule has 0 bridgehead atoms. The molecule has 0 aromatic heterocycles. The second-order valence-corrected chi connectivity index (χ2v) is 4.59. The molecule has 0 amide bonds. The summed E-state index contributed by atoms with van der Waals surface area (Å²) in [6, 6.07) is 2.00. The number of nitrogens with two attached hydrogens (primary N) is 1. The lowest BCUT2D eigenvalue weighted by molar-refractivity contribution is 0.173. The lowest BCUT2D eigenvalue weighted by atomic mass is 10.1. The van der Waals surface area contributed by atoms with E-state index in [0.717, 1.165) is 28.0 Å². The first-order valence-corrected chi connectivity index (χ1v) is 5.83. The highest BCUT2D eigenvalue weighted by molar-refractivity contribution is 9.10. The fourth-order valence-electron chi connectivity index (χ4n) is 1.75. The van der Waals surface area contributed by atoms with Crippen LogP contribution in [0.1, 0.15) is 12.5 Å². The smallest absolute Gasteiger partial charge is 0.231 e. The molecule has 1 unspecified atom stereocenters. The first kappa shape index (κ1) is 11.5. The molecule has 2 rings (SSSR count). The Morgan fingerprint density at radius 3 is 2.94 bits per heavy atom. The van der Waals surface area contributed by atoms with Crippen molar-refractivity contribution in [3.63, 3.8) is 0 Å². The summed E-state index contributed by atoms with van der Waals surface area (Å²) in [6.07, 6.45) is 0.735. The van der Waals surface area contributed by atoms with Crippen LogP contribution in [0.5, 0.6) is 17.2 Å². The summed E-state index contributed by atoms with van der Waals surface area (Å²) in [7, 11) is 1.63. The van der Waals surface area contributed by atoms with Crippen LogP contribution in [0, 0.1) is 0 Å². The van der Waals surface area contributed by atoms with Crippen molar-refractivity contribution in [2.45, 2.75) is 19.4 Å². The molecule has 0 aliphatic carbocycles. The number of hydrogen-bond acceptors (Lipinski definition) is 4. The number of rotatable bonds is 3. The zero-order valence-electron chi connectivity index (χ0n) is 9.25. The van der Waals surface area contributed by atoms with Crippen LogP contribution in [-0.4, -0.2) is 19.9 Å². The third-order valence-corrected chi connectivity index (χ3v) is 3.10. The highest BCUT2D eigenvalue weighted by Gasteiger charge is 2.23. The Morgan fingerprint density at radius 1 is 1.56 bits per heavy atom. The lowest BCUT2D eigenvalue weighted by Gasteiger charge is -2.13. The number of hydrogen-bond donors (Lipinski definition) is 1. The fraction of sp³-hybridized carbons (Fsp3) is 0.455. The molecule has 88 valence electrons. The van der Waals surface area contributed by atoms with E-state index in [0.29, 0.717) is 5.75 Å². The third-order valence-electron chi connectivity index (χ3n) is 2.38. The standard InChI is InChI=1S/C11H14BrNO3/c1-6(13)3-7-4-8-11(16-5-15-8)9(12)10(7)14-2/h4,6H,3,5,13H2,1-2H3. The summed E-state index contributed by atoms with van der Waals surface area (Å²) in [6.45, 7) is 2.21. The van der Waals surface area contributed by atoms with E-state index in [1.807, 2.05) is 13.0 Å². The van der Waals surface area contributed by atoms with Crippen LogP contribution in [0.4, 0.5) is 0 Å². The molecule has 0 saturated heterocycles. The lowest BCUT2D eigenvalue weighted by Crippen LogP contribution is -2.18. The maximum Gasteiger partial charge on any atom is 0.231 e. The summed E-state index contributed by atoms with van der Waals surface area (Å²) in [5.41, 5.74) is 6.82. The van der Waals surface area contributed by atoms with Gasteiger partial charge in [-0.2, -0.15) is 0 Å². The molecule has 1 heterocycles. The predicted octanol–water partition coefficient (Wildman–Crippen LogP) is 2.08. The first-order valence-electron chi connectivity index (χ1n) is 5.04. The Kier molecular flexibility index (Phi) is 3.25. The molecule has 5 heteroatoms. The Balaban J connectivity index is 2.48. The zero-order chi connectivity index (χ0) is 11.7. The molecule has 2 N–H and O–H groups in total. The van der Waals surface area contributed by atoms with E-state index in [-0.39, 0.29) is 12.8 Å². The molecule has 0 spiro atoms. The third kappa shape index (κ3) is 1.97. The van der Waals surface area contributed by atoms with Gasteiger partial charge in [-0.05, 0) is 35.3 Å². The Hall–Kier alpha value is -0.940. The van der Waals surface area contributed by atoms with Crippen molar-refractivity contribution < 1.29 is 14.2 Å². The van der Waals surface area contributed by atoms with Crippen molar-refractivity contribution in [3.05, 3.63) is 16.1 Å². The fourth-order valence-corrected chi connectivity index (χ4v) is 2.48. The number of halogens is 1. The van der Waals surface area contributed by atoms with Crippen LogP contribution in [-0.2, 0) is 6.42 Å². The normalized spacial score (nSPS) is 15.0.